The van der Waals surface area contributed by atoms with E-state index in [9.17, 15) is 15.0 Å². The molecule has 1 saturated carbocycles. The average molecular weight is 571 g/mol. The summed E-state index contributed by atoms with van der Waals surface area (Å²) in [4.78, 5) is 11.9. The first-order chi connectivity index (χ1) is 18.4. The quantitative estimate of drug-likeness (QED) is 0.127. The summed E-state index contributed by atoms with van der Waals surface area (Å²) >= 11 is 0. The Bertz CT molecular complexity index is 687. The first-order valence-corrected chi connectivity index (χ1v) is 19.1. The van der Waals surface area contributed by atoms with Crippen molar-refractivity contribution in [1.29, 1.82) is 0 Å². The predicted molar refractivity (Wildman–Crippen MR) is 161 cm³/mol. The van der Waals surface area contributed by atoms with Crippen molar-refractivity contribution in [3.8, 4) is 0 Å². The Morgan fingerprint density at radius 1 is 1.00 bits per heavy atom. The molecule has 2 N–H and O–H groups in total. The fraction of sp³-hybridized carbons (Fsp3) is 0.969. The first kappa shape index (κ1) is 34.7. The first-order valence-electron chi connectivity index (χ1n) is 16.2. The highest BCUT2D eigenvalue weighted by molar-refractivity contribution is 6.74. The minimum absolute atomic E-state index is 0.0108. The van der Waals surface area contributed by atoms with E-state index in [1.807, 2.05) is 0 Å². The van der Waals surface area contributed by atoms with Crippen LogP contribution in [0.5, 0.6) is 0 Å². The summed E-state index contributed by atoms with van der Waals surface area (Å²) in [7, 11) is -2.13. The second-order valence-corrected chi connectivity index (χ2v) is 18.9. The van der Waals surface area contributed by atoms with Crippen LogP contribution in [-0.2, 0) is 18.7 Å². The Kier molecular flexibility index (Phi) is 15.0. The normalized spacial score (nSPS) is 27.9. The van der Waals surface area contributed by atoms with Crippen LogP contribution in [-0.4, -0.2) is 55.7 Å². The van der Waals surface area contributed by atoms with Gasteiger partial charge in [-0.2, -0.15) is 0 Å². The molecule has 3 unspecified atom stereocenters. The van der Waals surface area contributed by atoms with E-state index < -0.39 is 20.4 Å². The van der Waals surface area contributed by atoms with E-state index in [0.29, 0.717) is 24.7 Å². The maximum atomic E-state index is 11.9. The molecule has 0 amide bonds. The van der Waals surface area contributed by atoms with Crippen molar-refractivity contribution in [3.63, 3.8) is 0 Å². The van der Waals surface area contributed by atoms with Crippen LogP contribution in [0.1, 0.15) is 131 Å². The number of hydrogen-bond donors (Lipinski definition) is 2. The minimum Gasteiger partial charge on any atom is -0.479 e. The molecule has 0 aromatic heterocycles. The number of rotatable bonds is 18. The van der Waals surface area contributed by atoms with Gasteiger partial charge in [0.25, 0.3) is 0 Å². The summed E-state index contributed by atoms with van der Waals surface area (Å²) < 4.78 is 18.6. The molecule has 230 valence electrons. The Hall–Kier alpha value is -0.473. The third-order valence-electron chi connectivity index (χ3n) is 9.78. The van der Waals surface area contributed by atoms with Gasteiger partial charge in [-0.3, -0.25) is 0 Å². The molecule has 0 radical (unpaired) electrons. The number of ether oxygens (including phenoxy) is 2. The highest BCUT2D eigenvalue weighted by Gasteiger charge is 2.44. The van der Waals surface area contributed by atoms with Crippen LogP contribution in [0, 0.1) is 17.8 Å². The van der Waals surface area contributed by atoms with E-state index in [2.05, 4.69) is 47.7 Å². The van der Waals surface area contributed by atoms with Crippen molar-refractivity contribution in [2.45, 2.75) is 174 Å². The Morgan fingerprint density at radius 3 is 2.33 bits per heavy atom. The molecule has 7 atom stereocenters. The van der Waals surface area contributed by atoms with Crippen molar-refractivity contribution in [3.05, 3.63) is 0 Å². The van der Waals surface area contributed by atoms with Gasteiger partial charge in [-0.15, -0.1) is 0 Å². The van der Waals surface area contributed by atoms with Gasteiger partial charge in [-0.25, -0.2) is 4.79 Å². The largest absolute Gasteiger partial charge is 0.479 e. The molecule has 1 aliphatic carbocycles. The smallest absolute Gasteiger partial charge is 0.331 e. The zero-order valence-corrected chi connectivity index (χ0v) is 27.4. The van der Waals surface area contributed by atoms with Gasteiger partial charge >= 0.3 is 5.97 Å². The van der Waals surface area contributed by atoms with Crippen molar-refractivity contribution in [1.82, 2.24) is 0 Å². The lowest BCUT2D eigenvalue weighted by molar-refractivity contribution is -0.196. The van der Waals surface area contributed by atoms with Gasteiger partial charge < -0.3 is 24.1 Å². The second-order valence-electron chi connectivity index (χ2n) is 14.1. The molecule has 0 aromatic carbocycles. The number of aliphatic hydroxyl groups excluding tert-OH is 1. The molecule has 0 bridgehead atoms. The number of carboxylic acids is 1. The molecule has 1 heterocycles. The van der Waals surface area contributed by atoms with Crippen LogP contribution in [0.25, 0.3) is 0 Å². The van der Waals surface area contributed by atoms with Gasteiger partial charge in [0.2, 0.25) is 0 Å². The minimum atomic E-state index is -2.13. The molecular formula is C32H62O6Si. The standard InChI is InChI=1S/C32H62O6Si/c1-8-9-11-16-24(2)20-21-26-25(27(33)23-29(26)37-30-19-14-15-22-36-30)17-12-10-13-18-28(31(34)35)38-39(6,7)32(3,4)5/h24-30,33H,8-23H2,1-7H3,(H,34,35)/t24-,25+,26+,27-,28?,29?,30?/m0/s1. The monoisotopic (exact) mass is 570 g/mol. The number of carbonyl (C=O) groups is 1. The number of carboxylic acid groups (broad SMARTS) is 1. The van der Waals surface area contributed by atoms with Crippen LogP contribution in [0.2, 0.25) is 18.1 Å². The second kappa shape index (κ2) is 16.8. The van der Waals surface area contributed by atoms with Gasteiger partial charge in [0.05, 0.1) is 12.2 Å². The summed E-state index contributed by atoms with van der Waals surface area (Å²) in [5.74, 6) is 0.479. The molecular weight excluding hydrogens is 508 g/mol. The van der Waals surface area contributed by atoms with Crippen molar-refractivity contribution in [2.75, 3.05) is 6.61 Å². The highest BCUT2D eigenvalue weighted by atomic mass is 28.4. The van der Waals surface area contributed by atoms with Gasteiger partial charge in [-0.1, -0.05) is 86.0 Å². The van der Waals surface area contributed by atoms with Gasteiger partial charge in [-0.05, 0) is 74.4 Å². The maximum absolute atomic E-state index is 11.9. The van der Waals surface area contributed by atoms with E-state index in [1.165, 1.54) is 32.1 Å². The van der Waals surface area contributed by atoms with Crippen molar-refractivity contribution >= 4 is 14.3 Å². The van der Waals surface area contributed by atoms with Crippen LogP contribution < -0.4 is 0 Å². The van der Waals surface area contributed by atoms with Gasteiger partial charge in [0.1, 0.15) is 6.10 Å². The predicted octanol–water partition coefficient (Wildman–Crippen LogP) is 8.32. The summed E-state index contributed by atoms with van der Waals surface area (Å²) in [6.45, 7) is 16.1. The Morgan fingerprint density at radius 2 is 1.72 bits per heavy atom. The summed E-state index contributed by atoms with van der Waals surface area (Å²) in [5, 5.41) is 20.9. The van der Waals surface area contributed by atoms with Gasteiger partial charge in [0, 0.05) is 13.0 Å². The van der Waals surface area contributed by atoms with E-state index in [0.717, 1.165) is 58.0 Å². The van der Waals surface area contributed by atoms with Crippen LogP contribution in [0.15, 0.2) is 0 Å². The number of aliphatic hydroxyl groups is 1. The number of aliphatic carboxylic acids is 1. The highest BCUT2D eigenvalue weighted by Crippen LogP contribution is 2.43. The summed E-state index contributed by atoms with van der Waals surface area (Å²) in [6.07, 6.45) is 14.6. The lowest BCUT2D eigenvalue weighted by Gasteiger charge is -2.38. The Labute approximate surface area is 241 Å². The van der Waals surface area contributed by atoms with Crippen LogP contribution in [0.4, 0.5) is 0 Å². The topological polar surface area (TPSA) is 85.2 Å². The molecule has 0 aromatic rings. The SMILES string of the molecule is CCCCC[C@H](C)CC[C@H]1C(OC2CCCCO2)C[C@H](O)[C@@H]1CCCCCC(O[Si](C)(C)C(C)(C)C)C(=O)O. The van der Waals surface area contributed by atoms with Crippen LogP contribution in [0.3, 0.4) is 0 Å². The summed E-state index contributed by atoms with van der Waals surface area (Å²) in [6, 6.07) is 0. The van der Waals surface area contributed by atoms with E-state index in [1.54, 1.807) is 0 Å². The maximum Gasteiger partial charge on any atom is 0.331 e. The lowest BCUT2D eigenvalue weighted by Crippen LogP contribution is -2.46. The fourth-order valence-corrected chi connectivity index (χ4v) is 7.42. The Balaban J connectivity index is 1.90. The zero-order valence-electron chi connectivity index (χ0n) is 26.4. The van der Waals surface area contributed by atoms with Crippen LogP contribution >= 0.6 is 0 Å². The molecule has 2 rings (SSSR count). The van der Waals surface area contributed by atoms with E-state index in [4.69, 9.17) is 13.9 Å². The summed E-state index contributed by atoms with van der Waals surface area (Å²) in [5.41, 5.74) is 0. The molecule has 6 nitrogen and oxygen atoms in total. The van der Waals surface area contributed by atoms with E-state index in [-0.39, 0.29) is 29.5 Å². The van der Waals surface area contributed by atoms with Gasteiger partial charge in [0.15, 0.2) is 14.6 Å². The fourth-order valence-electron chi connectivity index (χ4n) is 6.14. The number of hydrogen-bond acceptors (Lipinski definition) is 5. The van der Waals surface area contributed by atoms with E-state index >= 15 is 0 Å². The zero-order chi connectivity index (χ0) is 29.1. The lowest BCUT2D eigenvalue weighted by atomic mass is 9.83. The molecule has 2 aliphatic rings. The third-order valence-corrected chi connectivity index (χ3v) is 14.3. The van der Waals surface area contributed by atoms with Crippen molar-refractivity contribution < 1.29 is 28.9 Å². The molecule has 7 heteroatoms. The third kappa shape index (κ3) is 11.7. The molecule has 0 spiro atoms. The molecule has 1 aliphatic heterocycles. The molecule has 1 saturated heterocycles. The average Bonchev–Trinajstić information content (AvgIpc) is 3.15. The molecule has 2 fully saturated rings. The molecule has 39 heavy (non-hydrogen) atoms. The van der Waals surface area contributed by atoms with Crippen molar-refractivity contribution in [2.24, 2.45) is 17.8 Å². The number of unbranched alkanes of at least 4 members (excludes halogenated alkanes) is 4.